The predicted molar refractivity (Wildman–Crippen MR) is 215 cm³/mol. The van der Waals surface area contributed by atoms with Crippen LogP contribution in [0.4, 0.5) is 10.6 Å². The van der Waals surface area contributed by atoms with E-state index in [-0.39, 0.29) is 18.4 Å². The van der Waals surface area contributed by atoms with E-state index in [1.165, 1.54) is 4.90 Å². The summed E-state index contributed by atoms with van der Waals surface area (Å²) in [5, 5.41) is 19.2. The molecule has 0 unspecified atom stereocenters. The highest BCUT2D eigenvalue weighted by Crippen LogP contribution is 2.44. The summed E-state index contributed by atoms with van der Waals surface area (Å²) in [7, 11) is 0. The molecule has 0 radical (unpaired) electrons. The Morgan fingerprint density at radius 1 is 0.875 bits per heavy atom. The van der Waals surface area contributed by atoms with E-state index < -0.39 is 30.3 Å². The maximum atomic E-state index is 14.3. The van der Waals surface area contributed by atoms with Gasteiger partial charge in [0.25, 0.3) is 0 Å². The van der Waals surface area contributed by atoms with Gasteiger partial charge in [0.2, 0.25) is 12.7 Å². The van der Waals surface area contributed by atoms with Crippen LogP contribution in [0.2, 0.25) is 5.02 Å². The van der Waals surface area contributed by atoms with Crippen LogP contribution < -0.4 is 5.32 Å². The zero-order valence-electron chi connectivity index (χ0n) is 31.0. The fraction of sp³-hybridized carbons (Fsp3) is 0.222. The lowest BCUT2D eigenvalue weighted by atomic mass is 9.77. The van der Waals surface area contributed by atoms with Crippen LogP contribution in [0.1, 0.15) is 48.9 Å². The number of amides is 2. The summed E-state index contributed by atoms with van der Waals surface area (Å²) in [5.74, 6) is -1.38. The van der Waals surface area contributed by atoms with Crippen LogP contribution in [0.25, 0.3) is 22.0 Å². The van der Waals surface area contributed by atoms with E-state index in [1.807, 2.05) is 77.5 Å². The number of carbonyl (C=O) groups is 3. The summed E-state index contributed by atoms with van der Waals surface area (Å²) in [6.45, 7) is 3.40. The Balaban J connectivity index is 1.34. The molecule has 0 spiro atoms. The second-order valence-electron chi connectivity index (χ2n) is 14.0. The summed E-state index contributed by atoms with van der Waals surface area (Å²) >= 11 is 6.72. The number of benzene rings is 5. The quantitative estimate of drug-likeness (QED) is 0.0838. The fourth-order valence-corrected chi connectivity index (χ4v) is 7.55. The number of nitrogens with one attached hydrogen (secondary N) is 1. The number of carbonyl (C=O) groups excluding carboxylic acids is 3. The Labute approximate surface area is 330 Å². The van der Waals surface area contributed by atoms with Gasteiger partial charge in [0.1, 0.15) is 5.54 Å². The van der Waals surface area contributed by atoms with Crippen LogP contribution in [0.3, 0.4) is 0 Å². The maximum absolute atomic E-state index is 14.3. The first-order chi connectivity index (χ1) is 27.2. The van der Waals surface area contributed by atoms with E-state index in [9.17, 15) is 19.6 Å². The number of likely N-dealkylation sites (tertiary alicyclic amines) is 1. The number of rotatable bonds is 10. The van der Waals surface area contributed by atoms with Crippen LogP contribution in [0.15, 0.2) is 127 Å². The number of piperidine rings is 1. The summed E-state index contributed by atoms with van der Waals surface area (Å²) < 4.78 is 12.2. The molecule has 1 fully saturated rings. The summed E-state index contributed by atoms with van der Waals surface area (Å²) in [5.41, 5.74) is 4.47. The van der Waals surface area contributed by atoms with Crippen LogP contribution >= 0.6 is 11.6 Å². The topological polar surface area (TPSA) is 127 Å². The Hall–Kier alpha value is -6.44. The molecule has 282 valence electrons. The molecule has 1 aliphatic heterocycles. The van der Waals surface area contributed by atoms with Crippen LogP contribution in [-0.2, 0) is 24.6 Å². The summed E-state index contributed by atoms with van der Waals surface area (Å²) in [6.07, 6.45) is 0.458. The van der Waals surface area contributed by atoms with Crippen molar-refractivity contribution in [2.75, 3.05) is 25.2 Å². The van der Waals surface area contributed by atoms with Crippen molar-refractivity contribution in [3.8, 4) is 17.2 Å². The lowest BCUT2D eigenvalue weighted by Gasteiger charge is -2.37. The Bertz CT molecular complexity index is 2310. The molecule has 5 aromatic carbocycles. The van der Waals surface area contributed by atoms with Crippen molar-refractivity contribution in [2.45, 2.75) is 32.2 Å². The number of fused-ring (bicyclic) bond motifs is 1. The molecule has 0 saturated carbocycles. The number of halogens is 1. The van der Waals surface area contributed by atoms with Gasteiger partial charge in [-0.25, -0.2) is 9.48 Å². The molecule has 56 heavy (non-hydrogen) atoms. The fourth-order valence-electron chi connectivity index (χ4n) is 7.33. The molecule has 1 atom stereocenters. The van der Waals surface area contributed by atoms with E-state index in [0.29, 0.717) is 46.7 Å². The molecular weight excluding hydrogens is 726 g/mol. The van der Waals surface area contributed by atoms with Crippen molar-refractivity contribution in [3.05, 3.63) is 155 Å². The molecule has 2 amide bonds. The second kappa shape index (κ2) is 16.5. The molecule has 11 heteroatoms. The van der Waals surface area contributed by atoms with Crippen LogP contribution in [0, 0.1) is 23.2 Å². The monoisotopic (exact) mass is 765 g/mol. The van der Waals surface area contributed by atoms with Crippen molar-refractivity contribution in [2.24, 2.45) is 11.8 Å². The number of ether oxygens (including phenoxy) is 2. The minimum atomic E-state index is -0.991. The summed E-state index contributed by atoms with van der Waals surface area (Å²) in [6, 6.07) is 43.6. The van der Waals surface area contributed by atoms with Crippen LogP contribution in [-0.4, -0.2) is 52.5 Å². The predicted octanol–water partition coefficient (Wildman–Crippen LogP) is 9.01. The van der Waals surface area contributed by atoms with E-state index in [4.69, 9.17) is 26.2 Å². The standard InChI is InChI=1S/C45H40ClN5O5/c1-30(2)43(53)55-29-56-44(54)50-24-12-13-33(28-50)42(52)48-41-38-26-32(37-25-31(27-47)20-22-39(37)46)21-23-40(38)51(49-41)45(34-14-6-3-7-15-34,35-16-8-4-9-17-35)36-18-10-5-11-19-36/h3-11,14-23,25-26,30,33H,12-13,24,28-29H2,1-2H3,(H,48,49,52)/t33-/m1/s1. The number of hydrogen-bond acceptors (Lipinski definition) is 7. The molecule has 0 aliphatic carbocycles. The van der Waals surface area contributed by atoms with Gasteiger partial charge in [-0.3, -0.25) is 9.59 Å². The zero-order valence-corrected chi connectivity index (χ0v) is 31.8. The number of hydrogen-bond donors (Lipinski definition) is 1. The van der Waals surface area contributed by atoms with Crippen LogP contribution in [0.5, 0.6) is 0 Å². The molecule has 7 rings (SSSR count). The van der Waals surface area contributed by atoms with Gasteiger partial charge in [-0.15, -0.1) is 0 Å². The van der Waals surface area contributed by atoms with Gasteiger partial charge in [-0.1, -0.05) is 123 Å². The molecule has 1 saturated heterocycles. The highest BCUT2D eigenvalue weighted by molar-refractivity contribution is 6.33. The van der Waals surface area contributed by atoms with Gasteiger partial charge in [0.15, 0.2) is 5.82 Å². The Kier molecular flexibility index (Phi) is 11.2. The van der Waals surface area contributed by atoms with Crippen molar-refractivity contribution >= 4 is 46.3 Å². The second-order valence-corrected chi connectivity index (χ2v) is 14.4. The molecule has 1 aromatic heterocycles. The molecule has 2 heterocycles. The molecule has 1 aliphatic rings. The third-order valence-corrected chi connectivity index (χ3v) is 10.5. The summed E-state index contributed by atoms with van der Waals surface area (Å²) in [4.78, 5) is 40.5. The zero-order chi connectivity index (χ0) is 39.2. The average Bonchev–Trinajstić information content (AvgIpc) is 3.59. The van der Waals surface area contributed by atoms with Gasteiger partial charge < -0.3 is 19.7 Å². The normalized spacial score (nSPS) is 14.3. The lowest BCUT2D eigenvalue weighted by Crippen LogP contribution is -2.44. The van der Waals surface area contributed by atoms with Crippen molar-refractivity contribution < 1.29 is 23.9 Å². The number of nitrogens with zero attached hydrogens (tertiary/aromatic N) is 4. The van der Waals surface area contributed by atoms with E-state index >= 15 is 0 Å². The Morgan fingerprint density at radius 3 is 2.09 bits per heavy atom. The van der Waals surface area contributed by atoms with Gasteiger partial charge in [0.05, 0.1) is 29.0 Å². The first-order valence-corrected chi connectivity index (χ1v) is 18.9. The Morgan fingerprint density at radius 2 is 1.50 bits per heavy atom. The van der Waals surface area contributed by atoms with Gasteiger partial charge in [0, 0.05) is 29.1 Å². The third kappa shape index (κ3) is 7.46. The third-order valence-electron chi connectivity index (χ3n) is 10.1. The number of aromatic nitrogens is 2. The maximum Gasteiger partial charge on any atom is 0.412 e. The number of nitriles is 1. The van der Waals surface area contributed by atoms with Gasteiger partial charge in [-0.2, -0.15) is 10.4 Å². The number of esters is 1. The average molecular weight is 766 g/mol. The lowest BCUT2D eigenvalue weighted by molar-refractivity contribution is -0.156. The van der Waals surface area contributed by atoms with Crippen molar-refractivity contribution in [3.63, 3.8) is 0 Å². The minimum absolute atomic E-state index is 0.116. The molecule has 6 aromatic rings. The van der Waals surface area contributed by atoms with E-state index in [1.54, 1.807) is 32.0 Å². The van der Waals surface area contributed by atoms with Gasteiger partial charge >= 0.3 is 12.1 Å². The molecular formula is C45H40ClN5O5. The first kappa shape index (κ1) is 37.9. The SMILES string of the molecule is CC(C)C(=O)OCOC(=O)N1CCC[C@@H](C(=O)Nc2nn(C(c3ccccc3)(c3ccccc3)c3ccccc3)c3ccc(-c4cc(C#N)ccc4Cl)cc23)C1. The highest BCUT2D eigenvalue weighted by atomic mass is 35.5. The smallest absolute Gasteiger partial charge is 0.412 e. The van der Waals surface area contributed by atoms with Gasteiger partial charge in [-0.05, 0) is 65.4 Å². The minimum Gasteiger partial charge on any atom is -0.428 e. The molecule has 1 N–H and O–H groups in total. The highest BCUT2D eigenvalue weighted by Gasteiger charge is 2.41. The first-order valence-electron chi connectivity index (χ1n) is 18.5. The van der Waals surface area contributed by atoms with Crippen molar-refractivity contribution in [1.29, 1.82) is 5.26 Å². The number of anilines is 1. The van der Waals surface area contributed by atoms with E-state index in [2.05, 4.69) is 47.8 Å². The molecule has 0 bridgehead atoms. The van der Waals surface area contributed by atoms with Crippen molar-refractivity contribution in [1.82, 2.24) is 14.7 Å². The van der Waals surface area contributed by atoms with E-state index in [0.717, 1.165) is 27.8 Å². The molecule has 10 nitrogen and oxygen atoms in total. The largest absolute Gasteiger partial charge is 0.428 e.